The van der Waals surface area contributed by atoms with Crippen molar-refractivity contribution in [3.8, 4) is 11.5 Å². The van der Waals surface area contributed by atoms with Gasteiger partial charge in [-0.3, -0.25) is 0 Å². The zero-order valence-corrected chi connectivity index (χ0v) is 11.8. The highest BCUT2D eigenvalue weighted by molar-refractivity contribution is 5.62. The van der Waals surface area contributed by atoms with Crippen molar-refractivity contribution < 1.29 is 18.9 Å². The van der Waals surface area contributed by atoms with E-state index in [-0.39, 0.29) is 6.10 Å². The molecule has 0 saturated carbocycles. The molecular formula is C14H23NO4. The molecule has 1 rings (SSSR count). The number of anilines is 1. The first-order valence-corrected chi connectivity index (χ1v) is 6.39. The van der Waals surface area contributed by atoms with Gasteiger partial charge in [0.2, 0.25) is 0 Å². The van der Waals surface area contributed by atoms with Gasteiger partial charge in [0.05, 0.1) is 25.9 Å². The summed E-state index contributed by atoms with van der Waals surface area (Å²) in [4.78, 5) is 0. The van der Waals surface area contributed by atoms with Gasteiger partial charge in [0.25, 0.3) is 0 Å². The summed E-state index contributed by atoms with van der Waals surface area (Å²) in [7, 11) is 1.64. The monoisotopic (exact) mass is 269 g/mol. The summed E-state index contributed by atoms with van der Waals surface area (Å²) >= 11 is 0. The fraction of sp³-hybridized carbons (Fsp3) is 0.571. The number of nitrogens with two attached hydrogens (primary N) is 1. The molecule has 0 atom stereocenters. The number of methoxy groups -OCH3 is 1. The minimum atomic E-state index is 0.0786. The zero-order chi connectivity index (χ0) is 14.1. The highest BCUT2D eigenvalue weighted by Crippen LogP contribution is 2.31. The van der Waals surface area contributed by atoms with E-state index in [1.165, 1.54) is 0 Å². The van der Waals surface area contributed by atoms with E-state index >= 15 is 0 Å². The molecule has 108 valence electrons. The Morgan fingerprint density at radius 3 is 2.42 bits per heavy atom. The van der Waals surface area contributed by atoms with Crippen LogP contribution < -0.4 is 15.2 Å². The molecule has 0 aliphatic rings. The standard InChI is InChI=1S/C14H23NO4/c1-11(2)19-13-6-4-5-12(14(13)15)18-10-9-17-8-7-16-3/h4-6,11H,7-10,15H2,1-3H3. The molecule has 5 heteroatoms. The zero-order valence-electron chi connectivity index (χ0n) is 11.8. The summed E-state index contributed by atoms with van der Waals surface area (Å²) in [5.41, 5.74) is 6.50. The van der Waals surface area contributed by atoms with Gasteiger partial charge in [-0.2, -0.15) is 0 Å². The van der Waals surface area contributed by atoms with Crippen molar-refractivity contribution >= 4 is 5.69 Å². The first kappa shape index (κ1) is 15.6. The van der Waals surface area contributed by atoms with E-state index in [2.05, 4.69) is 0 Å². The van der Waals surface area contributed by atoms with E-state index in [0.717, 1.165) is 0 Å². The van der Waals surface area contributed by atoms with E-state index in [9.17, 15) is 0 Å². The topological polar surface area (TPSA) is 62.9 Å². The molecule has 0 radical (unpaired) electrons. The van der Waals surface area contributed by atoms with E-state index in [4.69, 9.17) is 24.7 Å². The fourth-order valence-electron chi connectivity index (χ4n) is 1.46. The predicted molar refractivity (Wildman–Crippen MR) is 74.8 cm³/mol. The lowest BCUT2D eigenvalue weighted by atomic mass is 10.2. The molecule has 0 amide bonds. The number of hydrogen-bond donors (Lipinski definition) is 1. The Morgan fingerprint density at radius 2 is 1.74 bits per heavy atom. The number of benzene rings is 1. The Hall–Kier alpha value is -1.46. The molecule has 0 aromatic heterocycles. The van der Waals surface area contributed by atoms with E-state index in [1.54, 1.807) is 7.11 Å². The van der Waals surface area contributed by atoms with Crippen LogP contribution in [0.15, 0.2) is 18.2 Å². The summed E-state index contributed by atoms with van der Waals surface area (Å²) in [6, 6.07) is 5.50. The molecule has 0 fully saturated rings. The van der Waals surface area contributed by atoms with Crippen molar-refractivity contribution in [3.05, 3.63) is 18.2 Å². The molecule has 5 nitrogen and oxygen atoms in total. The number of hydrogen-bond acceptors (Lipinski definition) is 5. The van der Waals surface area contributed by atoms with E-state index in [1.807, 2.05) is 32.0 Å². The lowest BCUT2D eigenvalue weighted by Gasteiger charge is -2.15. The summed E-state index contributed by atoms with van der Waals surface area (Å²) in [6.07, 6.45) is 0.0786. The normalized spacial score (nSPS) is 10.7. The first-order valence-electron chi connectivity index (χ1n) is 6.39. The minimum absolute atomic E-state index is 0.0786. The minimum Gasteiger partial charge on any atom is -0.489 e. The molecular weight excluding hydrogens is 246 g/mol. The average molecular weight is 269 g/mol. The second kappa shape index (κ2) is 8.61. The smallest absolute Gasteiger partial charge is 0.146 e. The van der Waals surface area contributed by atoms with E-state index in [0.29, 0.717) is 43.6 Å². The van der Waals surface area contributed by atoms with Crippen molar-refractivity contribution in [1.82, 2.24) is 0 Å². The Labute approximate surface area is 114 Å². The molecule has 1 aromatic carbocycles. The van der Waals surface area contributed by atoms with Gasteiger partial charge in [-0.1, -0.05) is 6.07 Å². The van der Waals surface area contributed by atoms with Crippen molar-refractivity contribution in [2.45, 2.75) is 20.0 Å². The maximum Gasteiger partial charge on any atom is 0.146 e. The molecule has 0 bridgehead atoms. The van der Waals surface area contributed by atoms with Crippen LogP contribution in [0.1, 0.15) is 13.8 Å². The van der Waals surface area contributed by atoms with Crippen molar-refractivity contribution in [2.24, 2.45) is 0 Å². The maximum absolute atomic E-state index is 5.98. The highest BCUT2D eigenvalue weighted by Gasteiger charge is 2.08. The third kappa shape index (κ3) is 5.81. The van der Waals surface area contributed by atoms with Gasteiger partial charge in [-0.25, -0.2) is 0 Å². The van der Waals surface area contributed by atoms with Crippen LogP contribution in [-0.2, 0) is 9.47 Å². The first-order chi connectivity index (χ1) is 9.15. The Bertz CT molecular complexity index is 368. The third-order valence-electron chi connectivity index (χ3n) is 2.31. The number of para-hydroxylation sites is 1. The van der Waals surface area contributed by atoms with Crippen molar-refractivity contribution in [1.29, 1.82) is 0 Å². The summed E-state index contributed by atoms with van der Waals surface area (Å²) < 4.78 is 21.3. The van der Waals surface area contributed by atoms with Crippen LogP contribution in [0.25, 0.3) is 0 Å². The summed E-state index contributed by atoms with van der Waals surface area (Å²) in [6.45, 7) is 6.00. The van der Waals surface area contributed by atoms with Gasteiger partial charge in [-0.15, -0.1) is 0 Å². The summed E-state index contributed by atoms with van der Waals surface area (Å²) in [5, 5.41) is 0. The molecule has 0 heterocycles. The van der Waals surface area contributed by atoms with Gasteiger partial charge in [0.15, 0.2) is 0 Å². The van der Waals surface area contributed by atoms with Crippen LogP contribution >= 0.6 is 0 Å². The van der Waals surface area contributed by atoms with Crippen LogP contribution in [0.4, 0.5) is 5.69 Å². The van der Waals surface area contributed by atoms with Crippen LogP contribution in [0, 0.1) is 0 Å². The van der Waals surface area contributed by atoms with Gasteiger partial charge >= 0.3 is 0 Å². The maximum atomic E-state index is 5.98. The second-order valence-electron chi connectivity index (χ2n) is 4.29. The Morgan fingerprint density at radius 1 is 1.05 bits per heavy atom. The second-order valence-corrected chi connectivity index (χ2v) is 4.29. The van der Waals surface area contributed by atoms with Crippen molar-refractivity contribution in [3.63, 3.8) is 0 Å². The number of ether oxygens (including phenoxy) is 4. The Balaban J connectivity index is 2.41. The van der Waals surface area contributed by atoms with E-state index < -0.39 is 0 Å². The lowest BCUT2D eigenvalue weighted by molar-refractivity contribution is 0.0545. The molecule has 0 aliphatic heterocycles. The van der Waals surface area contributed by atoms with Gasteiger partial charge in [-0.05, 0) is 26.0 Å². The average Bonchev–Trinajstić information content (AvgIpc) is 2.37. The SMILES string of the molecule is COCCOCCOc1cccc(OC(C)C)c1N. The third-order valence-corrected chi connectivity index (χ3v) is 2.31. The van der Waals surface area contributed by atoms with Crippen LogP contribution in [-0.4, -0.2) is 39.6 Å². The molecule has 2 N–H and O–H groups in total. The van der Waals surface area contributed by atoms with Gasteiger partial charge < -0.3 is 24.7 Å². The molecule has 0 unspecified atom stereocenters. The molecule has 19 heavy (non-hydrogen) atoms. The van der Waals surface area contributed by atoms with Gasteiger partial charge in [0.1, 0.15) is 23.8 Å². The highest BCUT2D eigenvalue weighted by atomic mass is 16.5. The lowest BCUT2D eigenvalue weighted by Crippen LogP contribution is -2.12. The molecule has 1 aromatic rings. The number of rotatable bonds is 9. The molecule has 0 saturated heterocycles. The fourth-order valence-corrected chi connectivity index (χ4v) is 1.46. The van der Waals surface area contributed by atoms with Crippen LogP contribution in [0.5, 0.6) is 11.5 Å². The predicted octanol–water partition coefficient (Wildman–Crippen LogP) is 2.10. The number of nitrogen functional groups attached to an aromatic ring is 1. The van der Waals surface area contributed by atoms with Crippen molar-refractivity contribution in [2.75, 3.05) is 39.3 Å². The van der Waals surface area contributed by atoms with Gasteiger partial charge in [0, 0.05) is 7.11 Å². The van der Waals surface area contributed by atoms with Crippen LogP contribution in [0.3, 0.4) is 0 Å². The molecule has 0 aliphatic carbocycles. The van der Waals surface area contributed by atoms with Crippen LogP contribution in [0.2, 0.25) is 0 Å². The largest absolute Gasteiger partial charge is 0.489 e. The quantitative estimate of drug-likeness (QED) is 0.549. The molecule has 0 spiro atoms. The Kier molecular flexibility index (Phi) is 7.07. The summed E-state index contributed by atoms with van der Waals surface area (Å²) in [5.74, 6) is 1.27.